The van der Waals surface area contributed by atoms with Gasteiger partial charge in [0, 0.05) is 30.6 Å². The molecule has 118 valence electrons. The SMILES string of the molecule is Nc1nc(CCNC(=O)c2cnc3c(c2)ncn3C2CC2)cs1. The highest BCUT2D eigenvalue weighted by molar-refractivity contribution is 7.13. The number of nitrogens with zero attached hydrogens (tertiary/aromatic N) is 4. The van der Waals surface area contributed by atoms with Crippen LogP contribution in [0.5, 0.6) is 0 Å². The molecule has 7 nitrogen and oxygen atoms in total. The molecule has 3 aromatic heterocycles. The van der Waals surface area contributed by atoms with E-state index >= 15 is 0 Å². The van der Waals surface area contributed by atoms with Gasteiger partial charge in [0.25, 0.3) is 5.91 Å². The van der Waals surface area contributed by atoms with Gasteiger partial charge in [0.2, 0.25) is 0 Å². The third-order valence-corrected chi connectivity index (χ3v) is 4.57. The number of fused-ring (bicyclic) bond motifs is 1. The number of thiazole rings is 1. The van der Waals surface area contributed by atoms with Gasteiger partial charge in [-0.3, -0.25) is 4.79 Å². The Kier molecular flexibility index (Phi) is 3.45. The molecule has 23 heavy (non-hydrogen) atoms. The van der Waals surface area contributed by atoms with Gasteiger partial charge in [0.15, 0.2) is 10.8 Å². The van der Waals surface area contributed by atoms with E-state index in [1.807, 2.05) is 11.7 Å². The van der Waals surface area contributed by atoms with E-state index in [2.05, 4.69) is 24.8 Å². The molecule has 1 aliphatic carbocycles. The zero-order chi connectivity index (χ0) is 15.8. The summed E-state index contributed by atoms with van der Waals surface area (Å²) in [6.07, 6.45) is 6.43. The van der Waals surface area contributed by atoms with Crippen molar-refractivity contribution in [1.29, 1.82) is 0 Å². The Morgan fingerprint density at radius 1 is 1.43 bits per heavy atom. The van der Waals surface area contributed by atoms with Crippen molar-refractivity contribution in [2.45, 2.75) is 25.3 Å². The van der Waals surface area contributed by atoms with E-state index in [9.17, 15) is 4.79 Å². The molecule has 0 aromatic carbocycles. The Morgan fingerprint density at radius 3 is 3.04 bits per heavy atom. The lowest BCUT2D eigenvalue weighted by molar-refractivity contribution is 0.0954. The topological polar surface area (TPSA) is 98.7 Å². The summed E-state index contributed by atoms with van der Waals surface area (Å²) in [6, 6.07) is 2.31. The molecule has 0 atom stereocenters. The van der Waals surface area contributed by atoms with E-state index in [1.54, 1.807) is 12.3 Å². The molecule has 3 heterocycles. The standard InChI is InChI=1S/C15H16N6OS/c16-15-20-10(7-23-15)3-4-17-14(22)9-5-12-13(18-6-9)21(8-19-12)11-1-2-11/h5-8,11H,1-4H2,(H2,16,20)(H,17,22). The first kappa shape index (κ1) is 14.1. The normalized spacial score (nSPS) is 14.3. The summed E-state index contributed by atoms with van der Waals surface area (Å²) in [6.45, 7) is 0.510. The number of hydrogen-bond acceptors (Lipinski definition) is 6. The number of hydrogen-bond donors (Lipinski definition) is 2. The minimum absolute atomic E-state index is 0.149. The van der Waals surface area contributed by atoms with Gasteiger partial charge in [-0.2, -0.15) is 0 Å². The highest BCUT2D eigenvalue weighted by Crippen LogP contribution is 2.36. The van der Waals surface area contributed by atoms with Crippen LogP contribution >= 0.6 is 11.3 Å². The Morgan fingerprint density at radius 2 is 2.30 bits per heavy atom. The van der Waals surface area contributed by atoms with Crippen LogP contribution in [0.15, 0.2) is 24.0 Å². The van der Waals surface area contributed by atoms with Gasteiger partial charge in [-0.25, -0.2) is 15.0 Å². The highest BCUT2D eigenvalue weighted by atomic mass is 32.1. The summed E-state index contributed by atoms with van der Waals surface area (Å²) in [4.78, 5) is 25.1. The second-order valence-corrected chi connectivity index (χ2v) is 6.52. The number of carbonyl (C=O) groups excluding carboxylic acids is 1. The molecule has 0 unspecified atom stereocenters. The van der Waals surface area contributed by atoms with Crippen molar-refractivity contribution in [1.82, 2.24) is 24.8 Å². The third kappa shape index (κ3) is 2.89. The number of imidazole rings is 1. The lowest BCUT2D eigenvalue weighted by atomic mass is 10.2. The number of amides is 1. The van der Waals surface area contributed by atoms with Crippen LogP contribution in [-0.4, -0.2) is 32.0 Å². The first-order valence-electron chi connectivity index (χ1n) is 7.51. The molecule has 0 bridgehead atoms. The fourth-order valence-corrected chi connectivity index (χ4v) is 3.10. The van der Waals surface area contributed by atoms with Gasteiger partial charge in [-0.1, -0.05) is 0 Å². The maximum absolute atomic E-state index is 12.2. The minimum Gasteiger partial charge on any atom is -0.375 e. The van der Waals surface area contributed by atoms with Crippen LogP contribution in [-0.2, 0) is 6.42 Å². The lowest BCUT2D eigenvalue weighted by Crippen LogP contribution is -2.25. The summed E-state index contributed by atoms with van der Waals surface area (Å²) >= 11 is 1.40. The van der Waals surface area contributed by atoms with Gasteiger partial charge < -0.3 is 15.6 Å². The predicted molar refractivity (Wildman–Crippen MR) is 88.4 cm³/mol. The molecule has 0 aliphatic heterocycles. The van der Waals surface area contributed by atoms with Crippen molar-refractivity contribution in [3.8, 4) is 0 Å². The largest absolute Gasteiger partial charge is 0.375 e. The van der Waals surface area contributed by atoms with Crippen LogP contribution in [0.3, 0.4) is 0 Å². The maximum atomic E-state index is 12.2. The van der Waals surface area contributed by atoms with Crippen molar-refractivity contribution in [3.63, 3.8) is 0 Å². The van der Waals surface area contributed by atoms with Crippen molar-refractivity contribution in [3.05, 3.63) is 35.2 Å². The Labute approximate surface area is 136 Å². The van der Waals surface area contributed by atoms with Crippen LogP contribution in [0.1, 0.15) is 34.9 Å². The average Bonchev–Trinajstić information content (AvgIpc) is 3.17. The Balaban J connectivity index is 1.42. The number of rotatable bonds is 5. The predicted octanol–water partition coefficient (Wildman–Crippen LogP) is 1.78. The van der Waals surface area contributed by atoms with Gasteiger partial charge in [-0.05, 0) is 18.9 Å². The second-order valence-electron chi connectivity index (χ2n) is 5.63. The molecule has 0 spiro atoms. The molecule has 1 amide bonds. The molecular formula is C15H16N6OS. The van der Waals surface area contributed by atoms with E-state index in [-0.39, 0.29) is 5.91 Å². The summed E-state index contributed by atoms with van der Waals surface area (Å²) in [5.74, 6) is -0.149. The average molecular weight is 328 g/mol. The highest BCUT2D eigenvalue weighted by Gasteiger charge is 2.25. The van der Waals surface area contributed by atoms with Crippen LogP contribution in [0, 0.1) is 0 Å². The molecule has 3 N–H and O–H groups in total. The quantitative estimate of drug-likeness (QED) is 0.744. The van der Waals surface area contributed by atoms with Crippen molar-refractivity contribution >= 4 is 33.5 Å². The van der Waals surface area contributed by atoms with Gasteiger partial charge in [-0.15, -0.1) is 11.3 Å². The first-order valence-corrected chi connectivity index (χ1v) is 8.39. The fourth-order valence-electron chi connectivity index (χ4n) is 2.51. The van der Waals surface area contributed by atoms with E-state index in [0.717, 1.165) is 16.9 Å². The monoisotopic (exact) mass is 328 g/mol. The summed E-state index contributed by atoms with van der Waals surface area (Å²) in [5.41, 5.74) is 8.61. The molecular weight excluding hydrogens is 312 g/mol. The number of pyridine rings is 1. The molecule has 1 fully saturated rings. The van der Waals surface area contributed by atoms with Gasteiger partial charge in [0.05, 0.1) is 17.6 Å². The minimum atomic E-state index is -0.149. The first-order chi connectivity index (χ1) is 11.2. The van der Waals surface area contributed by atoms with Crippen molar-refractivity contribution < 1.29 is 4.79 Å². The molecule has 0 saturated heterocycles. The molecule has 1 saturated carbocycles. The summed E-state index contributed by atoms with van der Waals surface area (Å²) < 4.78 is 2.09. The van der Waals surface area contributed by atoms with E-state index in [4.69, 9.17) is 5.73 Å². The van der Waals surface area contributed by atoms with E-state index < -0.39 is 0 Å². The molecule has 4 rings (SSSR count). The third-order valence-electron chi connectivity index (χ3n) is 3.85. The molecule has 3 aromatic rings. The molecule has 8 heteroatoms. The Bertz CT molecular complexity index is 866. The van der Waals surface area contributed by atoms with Crippen molar-refractivity contribution in [2.75, 3.05) is 12.3 Å². The van der Waals surface area contributed by atoms with Crippen LogP contribution in [0.4, 0.5) is 5.13 Å². The number of aromatic nitrogens is 4. The van der Waals surface area contributed by atoms with Gasteiger partial charge in [0.1, 0.15) is 5.52 Å². The van der Waals surface area contributed by atoms with E-state index in [1.165, 1.54) is 24.2 Å². The van der Waals surface area contributed by atoms with Gasteiger partial charge >= 0.3 is 0 Å². The Hall–Kier alpha value is -2.48. The van der Waals surface area contributed by atoms with Crippen molar-refractivity contribution in [2.24, 2.45) is 0 Å². The van der Waals surface area contributed by atoms with E-state index in [0.29, 0.717) is 29.7 Å². The number of anilines is 1. The number of nitrogen functional groups attached to an aromatic ring is 1. The zero-order valence-corrected chi connectivity index (χ0v) is 13.2. The smallest absolute Gasteiger partial charge is 0.252 e. The maximum Gasteiger partial charge on any atom is 0.252 e. The molecule has 0 radical (unpaired) electrons. The van der Waals surface area contributed by atoms with Crippen LogP contribution in [0.2, 0.25) is 0 Å². The number of nitrogens with two attached hydrogens (primary N) is 1. The zero-order valence-electron chi connectivity index (χ0n) is 12.4. The van der Waals surface area contributed by atoms with Crippen LogP contribution < -0.4 is 11.1 Å². The van der Waals surface area contributed by atoms with Crippen LogP contribution in [0.25, 0.3) is 11.2 Å². The second kappa shape index (κ2) is 5.62. The number of nitrogens with one attached hydrogen (secondary N) is 1. The summed E-state index contributed by atoms with van der Waals surface area (Å²) in [5, 5.41) is 5.32. The summed E-state index contributed by atoms with van der Waals surface area (Å²) in [7, 11) is 0. The lowest BCUT2D eigenvalue weighted by Gasteiger charge is -2.04. The fraction of sp³-hybridized carbons (Fsp3) is 0.333. The number of carbonyl (C=O) groups is 1. The molecule has 1 aliphatic rings.